The molecule has 0 bridgehead atoms. The number of hydrogen-bond donors (Lipinski definition) is 2. The van der Waals surface area contributed by atoms with Gasteiger partial charge >= 0.3 is 0 Å². The minimum absolute atomic E-state index is 0.105. The maximum atomic E-state index is 14.1. The maximum absolute atomic E-state index is 14.1. The zero-order valence-corrected chi connectivity index (χ0v) is 13.2. The molecule has 124 valence electrons. The average Bonchev–Trinajstić information content (AvgIpc) is 3.06. The molecule has 0 aliphatic rings. The monoisotopic (exact) mass is 319 g/mol. The van der Waals surface area contributed by atoms with E-state index in [0.717, 1.165) is 12.8 Å². The molecule has 0 aliphatic heterocycles. The Morgan fingerprint density at radius 3 is 2.87 bits per heavy atom. The summed E-state index contributed by atoms with van der Waals surface area (Å²) in [6, 6.07) is 6.03. The predicted octanol–water partition coefficient (Wildman–Crippen LogP) is 2.54. The van der Waals surface area contributed by atoms with E-state index in [1.807, 2.05) is 0 Å². The Morgan fingerprint density at radius 2 is 2.26 bits per heavy atom. The number of amides is 1. The lowest BCUT2D eigenvalue weighted by atomic mass is 10.00. The van der Waals surface area contributed by atoms with Gasteiger partial charge in [0.25, 0.3) is 5.91 Å². The summed E-state index contributed by atoms with van der Waals surface area (Å²) in [5, 5.41) is 15.8. The highest BCUT2D eigenvalue weighted by Gasteiger charge is 2.13. The highest BCUT2D eigenvalue weighted by molar-refractivity contribution is 5.94. The number of carbonyl (C=O) groups excluding carboxylic acids is 1. The van der Waals surface area contributed by atoms with E-state index in [-0.39, 0.29) is 24.0 Å². The quantitative estimate of drug-likeness (QED) is 0.786. The number of halogens is 1. The van der Waals surface area contributed by atoms with Crippen LogP contribution in [0.2, 0.25) is 0 Å². The molecule has 23 heavy (non-hydrogen) atoms. The molecule has 5 nitrogen and oxygen atoms in total. The Labute approximate surface area is 135 Å². The van der Waals surface area contributed by atoms with E-state index >= 15 is 0 Å². The molecule has 1 aromatic heterocycles. The molecule has 2 rings (SSSR count). The topological polar surface area (TPSA) is 67.2 Å². The van der Waals surface area contributed by atoms with Gasteiger partial charge in [-0.2, -0.15) is 5.10 Å². The number of nitrogens with one attached hydrogen (secondary N) is 1. The minimum Gasteiger partial charge on any atom is -0.396 e. The average molecular weight is 319 g/mol. The van der Waals surface area contributed by atoms with Gasteiger partial charge in [-0.05, 0) is 43.0 Å². The van der Waals surface area contributed by atoms with E-state index in [9.17, 15) is 9.18 Å². The highest BCUT2D eigenvalue weighted by Crippen LogP contribution is 2.15. The first kappa shape index (κ1) is 17.1. The molecule has 0 saturated heterocycles. The fraction of sp³-hybridized carbons (Fsp3) is 0.412. The number of aliphatic hydroxyl groups excluding tert-OH is 1. The van der Waals surface area contributed by atoms with Crippen LogP contribution in [0.5, 0.6) is 0 Å². The third-order valence-corrected chi connectivity index (χ3v) is 3.75. The summed E-state index contributed by atoms with van der Waals surface area (Å²) in [4.78, 5) is 12.1. The van der Waals surface area contributed by atoms with Crippen LogP contribution in [0.1, 0.15) is 36.5 Å². The molecular formula is C17H22FN3O2. The number of hydrogen-bond acceptors (Lipinski definition) is 3. The second kappa shape index (κ2) is 8.43. The molecule has 0 aliphatic carbocycles. The van der Waals surface area contributed by atoms with E-state index in [4.69, 9.17) is 5.11 Å². The van der Waals surface area contributed by atoms with E-state index in [1.165, 1.54) is 16.8 Å². The molecule has 0 radical (unpaired) electrons. The van der Waals surface area contributed by atoms with Crippen molar-refractivity contribution in [1.29, 1.82) is 0 Å². The van der Waals surface area contributed by atoms with Gasteiger partial charge in [-0.3, -0.25) is 4.79 Å². The van der Waals surface area contributed by atoms with Crippen LogP contribution in [0.15, 0.2) is 36.7 Å². The summed E-state index contributed by atoms with van der Waals surface area (Å²) >= 11 is 0. The highest BCUT2D eigenvalue weighted by atomic mass is 19.1. The first-order chi connectivity index (χ1) is 11.2. The van der Waals surface area contributed by atoms with Crippen molar-refractivity contribution in [2.45, 2.75) is 26.2 Å². The van der Waals surface area contributed by atoms with Crippen LogP contribution in [0, 0.1) is 11.7 Å². The summed E-state index contributed by atoms with van der Waals surface area (Å²) in [7, 11) is 0. The van der Waals surface area contributed by atoms with Crippen LogP contribution in [0.25, 0.3) is 5.69 Å². The Kier molecular flexibility index (Phi) is 6.29. The summed E-state index contributed by atoms with van der Waals surface area (Å²) in [6.07, 6.45) is 5.79. The second-order valence-corrected chi connectivity index (χ2v) is 5.49. The Hall–Kier alpha value is -2.21. The molecule has 1 unspecified atom stereocenters. The van der Waals surface area contributed by atoms with Crippen LogP contribution in [-0.2, 0) is 0 Å². The zero-order chi connectivity index (χ0) is 16.7. The summed E-state index contributed by atoms with van der Waals surface area (Å²) in [6.45, 7) is 2.65. The molecule has 6 heteroatoms. The molecule has 2 aromatic rings. The third-order valence-electron chi connectivity index (χ3n) is 3.75. The first-order valence-electron chi connectivity index (χ1n) is 7.84. The molecule has 1 aromatic carbocycles. The number of carbonyl (C=O) groups is 1. The van der Waals surface area contributed by atoms with Crippen molar-refractivity contribution in [3.8, 4) is 5.69 Å². The van der Waals surface area contributed by atoms with E-state index < -0.39 is 5.82 Å². The summed E-state index contributed by atoms with van der Waals surface area (Å²) in [5.41, 5.74) is 0.577. The van der Waals surface area contributed by atoms with E-state index in [2.05, 4.69) is 17.3 Å². The first-order valence-corrected chi connectivity index (χ1v) is 7.84. The van der Waals surface area contributed by atoms with Crippen molar-refractivity contribution in [3.05, 3.63) is 48.0 Å². The second-order valence-electron chi connectivity index (χ2n) is 5.49. The van der Waals surface area contributed by atoms with Gasteiger partial charge in [-0.25, -0.2) is 9.07 Å². The normalized spacial score (nSPS) is 12.1. The maximum Gasteiger partial charge on any atom is 0.251 e. The molecule has 1 amide bonds. The van der Waals surface area contributed by atoms with Crippen molar-refractivity contribution in [3.63, 3.8) is 0 Å². The fourth-order valence-electron chi connectivity index (χ4n) is 2.52. The number of benzene rings is 1. The fourth-order valence-corrected chi connectivity index (χ4v) is 2.52. The lowest BCUT2D eigenvalue weighted by molar-refractivity contribution is 0.0942. The van der Waals surface area contributed by atoms with Crippen molar-refractivity contribution in [2.75, 3.05) is 13.2 Å². The largest absolute Gasteiger partial charge is 0.396 e. The summed E-state index contributed by atoms with van der Waals surface area (Å²) in [5.74, 6) is -0.570. The van der Waals surface area contributed by atoms with Gasteiger partial charge in [0.1, 0.15) is 11.5 Å². The zero-order valence-electron chi connectivity index (χ0n) is 13.2. The van der Waals surface area contributed by atoms with Gasteiger partial charge in [-0.1, -0.05) is 13.3 Å². The van der Waals surface area contributed by atoms with Gasteiger partial charge in [-0.15, -0.1) is 0 Å². The molecule has 0 spiro atoms. The van der Waals surface area contributed by atoms with E-state index in [0.29, 0.717) is 18.7 Å². The van der Waals surface area contributed by atoms with Crippen molar-refractivity contribution in [2.24, 2.45) is 5.92 Å². The SMILES string of the molecule is CCCC(CCO)CNC(=O)c1ccc(-n2cccn2)c(F)c1. The van der Waals surface area contributed by atoms with Crippen LogP contribution in [0.3, 0.4) is 0 Å². The number of aromatic nitrogens is 2. The van der Waals surface area contributed by atoms with Gasteiger partial charge in [0.2, 0.25) is 0 Å². The lowest BCUT2D eigenvalue weighted by Gasteiger charge is -2.15. The van der Waals surface area contributed by atoms with Crippen LogP contribution >= 0.6 is 0 Å². The van der Waals surface area contributed by atoms with E-state index in [1.54, 1.807) is 24.5 Å². The lowest BCUT2D eigenvalue weighted by Crippen LogP contribution is -2.29. The number of rotatable bonds is 8. The van der Waals surface area contributed by atoms with Gasteiger partial charge < -0.3 is 10.4 Å². The molecule has 0 fully saturated rings. The molecular weight excluding hydrogens is 297 g/mol. The number of aliphatic hydroxyl groups is 1. The third kappa shape index (κ3) is 4.63. The smallest absolute Gasteiger partial charge is 0.251 e. The van der Waals surface area contributed by atoms with Crippen molar-refractivity contribution < 1.29 is 14.3 Å². The van der Waals surface area contributed by atoms with Crippen molar-refractivity contribution in [1.82, 2.24) is 15.1 Å². The number of nitrogens with zero attached hydrogens (tertiary/aromatic N) is 2. The molecule has 1 heterocycles. The Balaban J connectivity index is 2.01. The molecule has 2 N–H and O–H groups in total. The predicted molar refractivity (Wildman–Crippen MR) is 86.0 cm³/mol. The van der Waals surface area contributed by atoms with Gasteiger partial charge in [0.05, 0.1) is 0 Å². The summed E-state index contributed by atoms with van der Waals surface area (Å²) < 4.78 is 15.6. The molecule has 1 atom stereocenters. The van der Waals surface area contributed by atoms with Gasteiger partial charge in [0, 0.05) is 31.1 Å². The Bertz CT molecular complexity index is 623. The van der Waals surface area contributed by atoms with Crippen molar-refractivity contribution >= 4 is 5.91 Å². The van der Waals surface area contributed by atoms with Gasteiger partial charge in [0.15, 0.2) is 0 Å². The van der Waals surface area contributed by atoms with Crippen LogP contribution in [-0.4, -0.2) is 33.9 Å². The Morgan fingerprint density at radius 1 is 1.43 bits per heavy atom. The van der Waals surface area contributed by atoms with Crippen LogP contribution in [0.4, 0.5) is 4.39 Å². The van der Waals surface area contributed by atoms with Crippen LogP contribution < -0.4 is 5.32 Å². The molecule has 0 saturated carbocycles. The minimum atomic E-state index is -0.498. The standard InChI is InChI=1S/C17H22FN3O2/c1-2-4-13(7-10-22)12-19-17(23)14-5-6-16(15(18)11-14)21-9-3-8-20-21/h3,5-6,8-9,11,13,22H,2,4,7,10,12H2,1H3,(H,19,23).